The predicted molar refractivity (Wildman–Crippen MR) is 152 cm³/mol. The summed E-state index contributed by atoms with van der Waals surface area (Å²) in [6.45, 7) is 2.12. The molecule has 0 saturated carbocycles. The van der Waals surface area contributed by atoms with Gasteiger partial charge in [0.1, 0.15) is 28.0 Å². The van der Waals surface area contributed by atoms with Gasteiger partial charge in [0.25, 0.3) is 11.5 Å². The molecule has 0 unspecified atom stereocenters. The number of carbonyl (C=O) groups is 2. The lowest BCUT2D eigenvalue weighted by atomic mass is 10.1. The Balaban J connectivity index is 1.54. The summed E-state index contributed by atoms with van der Waals surface area (Å²) in [5, 5.41) is 12.6. The second-order valence-corrected chi connectivity index (χ2v) is 9.67. The zero-order valence-corrected chi connectivity index (χ0v) is 22.6. The minimum atomic E-state index is -0.632. The van der Waals surface area contributed by atoms with Crippen LogP contribution in [0.3, 0.4) is 0 Å². The molecule has 5 rings (SSSR count). The molecule has 10 heteroatoms. The number of amides is 1. The van der Waals surface area contributed by atoms with Gasteiger partial charge in [0.15, 0.2) is 5.57 Å². The Morgan fingerprint density at radius 1 is 1.05 bits per heavy atom. The Hall–Kier alpha value is -5.40. The maximum absolute atomic E-state index is 13.6. The molecule has 1 amide bonds. The average Bonchev–Trinajstić information content (AvgIpc) is 3.75. The van der Waals surface area contributed by atoms with Crippen molar-refractivity contribution in [1.29, 1.82) is 5.26 Å². The number of thiazole rings is 1. The van der Waals surface area contributed by atoms with Gasteiger partial charge >= 0.3 is 5.97 Å². The van der Waals surface area contributed by atoms with Crippen LogP contribution >= 0.6 is 11.3 Å². The number of esters is 1. The van der Waals surface area contributed by atoms with Crippen molar-refractivity contribution in [2.45, 2.75) is 13.5 Å². The SMILES string of the molecule is CCOC(=O)c1ccc(-c2ccc(/C=c3\s/c(=C(/C#N)C(=O)NCc4ccco4)n(-c4ccccc4)c3=O)o2)cc1. The largest absolute Gasteiger partial charge is 0.467 e. The molecule has 0 radical (unpaired) electrons. The first-order valence-electron chi connectivity index (χ1n) is 12.6. The number of nitrogens with zero attached hydrogens (tertiary/aromatic N) is 2. The molecule has 2 aromatic carbocycles. The molecule has 0 aliphatic rings. The third-order valence-electron chi connectivity index (χ3n) is 5.97. The number of nitrogens with one attached hydrogen (secondary N) is 1. The van der Waals surface area contributed by atoms with E-state index in [1.807, 2.05) is 12.1 Å². The molecule has 204 valence electrons. The molecule has 0 aliphatic heterocycles. The van der Waals surface area contributed by atoms with Gasteiger partial charge in [-0.15, -0.1) is 11.3 Å². The van der Waals surface area contributed by atoms with Gasteiger partial charge in [-0.05, 0) is 55.5 Å². The number of nitriles is 1. The van der Waals surface area contributed by atoms with E-state index in [4.69, 9.17) is 13.6 Å². The molecule has 0 fully saturated rings. The number of para-hydroxylation sites is 1. The summed E-state index contributed by atoms with van der Waals surface area (Å²) in [6, 6.07) is 24.4. The van der Waals surface area contributed by atoms with E-state index in [2.05, 4.69) is 5.32 Å². The number of rotatable bonds is 8. The monoisotopic (exact) mass is 565 g/mol. The van der Waals surface area contributed by atoms with Crippen molar-refractivity contribution in [3.05, 3.63) is 122 Å². The summed E-state index contributed by atoms with van der Waals surface area (Å²) >= 11 is 1.01. The van der Waals surface area contributed by atoms with Gasteiger partial charge in [0.2, 0.25) is 0 Å². The van der Waals surface area contributed by atoms with E-state index in [0.717, 1.165) is 16.9 Å². The molecule has 3 heterocycles. The fourth-order valence-electron chi connectivity index (χ4n) is 4.03. The molecular formula is C31H23N3O6S. The fraction of sp³-hybridized carbons (Fsp3) is 0.0968. The zero-order chi connectivity index (χ0) is 28.8. The highest BCUT2D eigenvalue weighted by Crippen LogP contribution is 2.23. The Labute approximate surface area is 237 Å². The molecule has 0 atom stereocenters. The highest BCUT2D eigenvalue weighted by molar-refractivity contribution is 7.07. The highest BCUT2D eigenvalue weighted by Gasteiger charge is 2.17. The van der Waals surface area contributed by atoms with Crippen molar-refractivity contribution in [2.24, 2.45) is 0 Å². The van der Waals surface area contributed by atoms with Crippen molar-refractivity contribution in [1.82, 2.24) is 9.88 Å². The Morgan fingerprint density at radius 2 is 1.83 bits per heavy atom. The highest BCUT2D eigenvalue weighted by atomic mass is 32.1. The van der Waals surface area contributed by atoms with Crippen LogP contribution in [0.4, 0.5) is 0 Å². The number of hydrogen-bond acceptors (Lipinski definition) is 8. The van der Waals surface area contributed by atoms with Crippen LogP contribution < -0.4 is 20.1 Å². The summed E-state index contributed by atoms with van der Waals surface area (Å²) in [4.78, 5) is 38.6. The van der Waals surface area contributed by atoms with Gasteiger partial charge in [-0.1, -0.05) is 30.3 Å². The van der Waals surface area contributed by atoms with E-state index in [1.165, 1.54) is 10.8 Å². The second kappa shape index (κ2) is 12.2. The molecule has 5 aromatic rings. The van der Waals surface area contributed by atoms with Gasteiger partial charge in [-0.25, -0.2) is 4.79 Å². The van der Waals surface area contributed by atoms with E-state index < -0.39 is 17.4 Å². The average molecular weight is 566 g/mol. The van der Waals surface area contributed by atoms with Crippen LogP contribution in [0, 0.1) is 11.3 Å². The maximum Gasteiger partial charge on any atom is 0.338 e. The third-order valence-corrected chi connectivity index (χ3v) is 7.07. The quantitative estimate of drug-likeness (QED) is 0.284. The smallest absolute Gasteiger partial charge is 0.338 e. The number of benzene rings is 2. The van der Waals surface area contributed by atoms with Crippen LogP contribution in [0.2, 0.25) is 0 Å². The third kappa shape index (κ3) is 5.95. The van der Waals surface area contributed by atoms with Gasteiger partial charge in [0, 0.05) is 11.6 Å². The van der Waals surface area contributed by atoms with E-state index in [0.29, 0.717) is 28.5 Å². The van der Waals surface area contributed by atoms with E-state index in [-0.39, 0.29) is 27.9 Å². The van der Waals surface area contributed by atoms with Crippen LogP contribution in [0.25, 0.3) is 28.7 Å². The topological polar surface area (TPSA) is 127 Å². The fourth-order valence-corrected chi connectivity index (χ4v) is 5.11. The van der Waals surface area contributed by atoms with Crippen molar-refractivity contribution in [3.8, 4) is 23.1 Å². The number of aromatic nitrogens is 1. The number of hydrogen-bond donors (Lipinski definition) is 1. The van der Waals surface area contributed by atoms with Gasteiger partial charge in [-0.3, -0.25) is 14.2 Å². The molecule has 9 nitrogen and oxygen atoms in total. The Bertz CT molecular complexity index is 1910. The van der Waals surface area contributed by atoms with Crippen LogP contribution in [-0.2, 0) is 16.1 Å². The molecular weight excluding hydrogens is 542 g/mol. The van der Waals surface area contributed by atoms with Crippen LogP contribution in [0.1, 0.15) is 28.8 Å². The first-order chi connectivity index (χ1) is 20.0. The lowest BCUT2D eigenvalue weighted by Crippen LogP contribution is -2.33. The van der Waals surface area contributed by atoms with Gasteiger partial charge < -0.3 is 18.9 Å². The molecule has 0 spiro atoms. The minimum absolute atomic E-state index is 0.0902. The Morgan fingerprint density at radius 3 is 2.51 bits per heavy atom. The summed E-state index contributed by atoms with van der Waals surface area (Å²) in [6.07, 6.45) is 3.06. The van der Waals surface area contributed by atoms with Crippen LogP contribution in [0.15, 0.2) is 98.8 Å². The minimum Gasteiger partial charge on any atom is -0.467 e. The number of carbonyl (C=O) groups excluding carboxylic acids is 2. The van der Waals surface area contributed by atoms with Crippen molar-refractivity contribution in [2.75, 3.05) is 6.61 Å². The first kappa shape index (κ1) is 27.2. The second-order valence-electron chi connectivity index (χ2n) is 8.64. The Kier molecular flexibility index (Phi) is 8.08. The molecule has 0 aliphatic carbocycles. The summed E-state index contributed by atoms with van der Waals surface area (Å²) < 4.78 is 18.0. The lowest BCUT2D eigenvalue weighted by Gasteiger charge is -2.04. The molecule has 3 aromatic heterocycles. The van der Waals surface area contributed by atoms with Crippen molar-refractivity contribution < 1.29 is 23.2 Å². The molecule has 0 bridgehead atoms. The van der Waals surface area contributed by atoms with E-state index in [1.54, 1.807) is 85.8 Å². The lowest BCUT2D eigenvalue weighted by molar-refractivity contribution is -0.115. The normalized spacial score (nSPS) is 12.0. The first-order valence-corrected chi connectivity index (χ1v) is 13.4. The van der Waals surface area contributed by atoms with Crippen LogP contribution in [0.5, 0.6) is 0 Å². The van der Waals surface area contributed by atoms with Gasteiger partial charge in [0.05, 0.1) is 35.2 Å². The van der Waals surface area contributed by atoms with E-state index in [9.17, 15) is 19.6 Å². The number of furan rings is 2. The summed E-state index contributed by atoms with van der Waals surface area (Å²) in [5.41, 5.74) is 1.07. The van der Waals surface area contributed by atoms with Crippen LogP contribution in [-0.4, -0.2) is 23.1 Å². The zero-order valence-electron chi connectivity index (χ0n) is 21.8. The predicted octanol–water partition coefficient (Wildman–Crippen LogP) is 3.75. The molecule has 0 saturated heterocycles. The van der Waals surface area contributed by atoms with Crippen molar-refractivity contribution in [3.63, 3.8) is 0 Å². The molecule has 41 heavy (non-hydrogen) atoms. The van der Waals surface area contributed by atoms with Crippen molar-refractivity contribution >= 4 is 34.9 Å². The maximum atomic E-state index is 13.6. The molecule has 1 N–H and O–H groups in total. The standard InChI is InChI=1S/C31H23N3O6S/c1-2-38-31(37)21-12-10-20(11-13-21)26-15-14-23(40-26)17-27-29(36)34(22-7-4-3-5-8-22)30(41-27)25(18-32)28(35)33-19-24-9-6-16-39-24/h3-17H,2,19H2,1H3,(H,33,35)/b27-17-,30-25-. The summed E-state index contributed by atoms with van der Waals surface area (Å²) in [7, 11) is 0. The van der Waals surface area contributed by atoms with Gasteiger partial charge in [-0.2, -0.15) is 5.26 Å². The summed E-state index contributed by atoms with van der Waals surface area (Å²) in [5.74, 6) is 0.432. The number of ether oxygens (including phenoxy) is 1. The van der Waals surface area contributed by atoms with E-state index >= 15 is 0 Å².